The lowest BCUT2D eigenvalue weighted by Gasteiger charge is -2.37. The van der Waals surface area contributed by atoms with Crippen LogP contribution in [0.15, 0.2) is 123 Å². The van der Waals surface area contributed by atoms with Crippen molar-refractivity contribution in [3.8, 4) is 23.0 Å². The summed E-state index contributed by atoms with van der Waals surface area (Å²) in [6.45, 7) is 15.9. The molecule has 21 nitrogen and oxygen atoms in total. The Labute approximate surface area is 470 Å². The van der Waals surface area contributed by atoms with E-state index < -0.39 is 0 Å². The first-order valence-corrected chi connectivity index (χ1v) is 28.5. The molecule has 4 bridgehead atoms. The number of fused-ring (bicyclic) bond motifs is 8. The first-order valence-electron chi connectivity index (χ1n) is 28.5. The number of piperidine rings is 2. The minimum Gasteiger partial charge on any atom is -0.457 e. The molecule has 21 heteroatoms. The van der Waals surface area contributed by atoms with Gasteiger partial charge in [-0.15, -0.1) is 0 Å². The van der Waals surface area contributed by atoms with E-state index in [2.05, 4.69) is 106 Å². The number of aryl methyl sites for hydroxylation is 2. The van der Waals surface area contributed by atoms with Crippen LogP contribution in [0.25, 0.3) is 22.3 Å². The second-order valence-electron chi connectivity index (χ2n) is 22.1. The number of rotatable bonds is 15. The predicted molar refractivity (Wildman–Crippen MR) is 309 cm³/mol. The third-order valence-electron chi connectivity index (χ3n) is 17.1. The molecule has 0 radical (unpaired) electrons. The van der Waals surface area contributed by atoms with E-state index in [4.69, 9.17) is 9.47 Å². The first-order chi connectivity index (χ1) is 39.5. The largest absolute Gasteiger partial charge is 0.457 e. The first kappa shape index (κ1) is 53.6. The average molecular weight is 1100 g/mol. The molecule has 6 atom stereocenters. The Balaban J connectivity index is 0.000000139. The number of anilines is 4. The minimum atomic E-state index is -0.166. The highest BCUT2D eigenvalue weighted by Crippen LogP contribution is 2.39. The molecule has 0 spiro atoms. The van der Waals surface area contributed by atoms with Gasteiger partial charge in [-0.05, 0) is 163 Å². The van der Waals surface area contributed by atoms with E-state index in [1.165, 1.54) is 36.6 Å². The number of ether oxygens (including phenoxy) is 2. The molecule has 8 aromatic heterocycles. The van der Waals surface area contributed by atoms with Gasteiger partial charge >= 0.3 is 0 Å². The number of aliphatic hydroxyl groups is 2. The van der Waals surface area contributed by atoms with Crippen LogP contribution in [-0.2, 0) is 13.1 Å². The Kier molecular flexibility index (Phi) is 15.3. The van der Waals surface area contributed by atoms with Gasteiger partial charge in [0.05, 0.1) is 31.8 Å². The third-order valence-corrected chi connectivity index (χ3v) is 17.1. The number of nitrogens with zero attached hydrogens (tertiary/aromatic N) is 14. The van der Waals surface area contributed by atoms with Crippen LogP contribution in [0.4, 0.5) is 23.0 Å². The van der Waals surface area contributed by atoms with E-state index in [-0.39, 0.29) is 12.2 Å². The quantitative estimate of drug-likeness (QED) is 0.0604. The molecule has 81 heavy (non-hydrogen) atoms. The maximum absolute atomic E-state index is 10.2. The molecule has 2 unspecified atom stereocenters. The van der Waals surface area contributed by atoms with Gasteiger partial charge in [0.1, 0.15) is 65.9 Å². The number of aliphatic hydroxyl groups excluding tert-OH is 2. The van der Waals surface area contributed by atoms with Crippen molar-refractivity contribution >= 4 is 45.3 Å². The fraction of sp³-hybridized carbons (Fsp3) is 0.400. The highest BCUT2D eigenvalue weighted by molar-refractivity contribution is 5.78. The Morgan fingerprint density at radius 1 is 0.543 bits per heavy atom. The molecule has 2 aromatic carbocycles. The Bertz CT molecular complexity index is 3760. The molecule has 10 aromatic rings. The maximum Gasteiger partial charge on any atom is 0.158 e. The summed E-state index contributed by atoms with van der Waals surface area (Å²) in [6, 6.07) is 26.0. The number of nitrogens with one attached hydrogen (secondary N) is 3. The Hall–Kier alpha value is -8.08. The summed E-state index contributed by atoms with van der Waals surface area (Å²) < 4.78 is 20.5. The summed E-state index contributed by atoms with van der Waals surface area (Å²) in [6.07, 6.45) is 22.3. The van der Waals surface area contributed by atoms with Gasteiger partial charge in [-0.2, -0.15) is 20.4 Å². The van der Waals surface area contributed by atoms with Crippen LogP contribution >= 0.6 is 0 Å². The molecule has 0 aliphatic carbocycles. The summed E-state index contributed by atoms with van der Waals surface area (Å²) in [5.41, 5.74) is 9.79. The number of aromatic nitrogens is 12. The van der Waals surface area contributed by atoms with Crippen molar-refractivity contribution in [3.63, 3.8) is 0 Å². The van der Waals surface area contributed by atoms with Crippen LogP contribution in [0.3, 0.4) is 0 Å². The van der Waals surface area contributed by atoms with Crippen molar-refractivity contribution in [2.24, 2.45) is 0 Å². The van der Waals surface area contributed by atoms with Crippen molar-refractivity contribution in [1.82, 2.24) is 68.6 Å². The molecule has 4 saturated heterocycles. The van der Waals surface area contributed by atoms with E-state index in [1.807, 2.05) is 96.2 Å². The molecule has 420 valence electrons. The summed E-state index contributed by atoms with van der Waals surface area (Å²) in [5.74, 6) is 4.55. The number of hydrogen-bond acceptors (Lipinski definition) is 16. The average Bonchev–Trinajstić information content (AvgIpc) is 4.40. The fourth-order valence-electron chi connectivity index (χ4n) is 12.5. The van der Waals surface area contributed by atoms with Gasteiger partial charge in [-0.3, -0.25) is 4.90 Å². The predicted octanol–water partition coefficient (Wildman–Crippen LogP) is 9.36. The molecular weight excluding hydrogens is 1020 g/mol. The number of quaternary nitrogens is 1. The molecular formula is C60H72N17O4+. The maximum atomic E-state index is 10.2. The van der Waals surface area contributed by atoms with E-state index >= 15 is 0 Å². The third kappa shape index (κ3) is 11.6. The SMILES string of the molecule is CC[N+](CC)(CC)Cc1ccn2ncnc(Nc3ccc(Oc4ccn5ncnc5c4)c(C)c3)c12.Cc1cc(Nc2ncnn3ccc(CN4[C@@H]5CC[C@H]4CC(O)C5)c23)ccc1Oc1ccn2ncnc2c1.OC1C[C@H]2CC[C@@H](C1)N2. The lowest BCUT2D eigenvalue weighted by atomic mass is 9.99. The van der Waals surface area contributed by atoms with Crippen molar-refractivity contribution in [2.75, 3.05) is 30.3 Å². The molecule has 4 fully saturated rings. The van der Waals surface area contributed by atoms with E-state index in [9.17, 15) is 10.2 Å². The molecule has 5 N–H and O–H groups in total. The molecule has 0 saturated carbocycles. The Morgan fingerprint density at radius 2 is 1.00 bits per heavy atom. The van der Waals surface area contributed by atoms with Gasteiger partial charge in [0.25, 0.3) is 0 Å². The summed E-state index contributed by atoms with van der Waals surface area (Å²) in [5, 5.41) is 47.0. The van der Waals surface area contributed by atoms with Crippen LogP contribution in [0, 0.1) is 13.8 Å². The second-order valence-corrected chi connectivity index (χ2v) is 22.1. The van der Waals surface area contributed by atoms with Crippen molar-refractivity contribution in [1.29, 1.82) is 0 Å². The van der Waals surface area contributed by atoms with Crippen LogP contribution in [0.1, 0.15) is 94.4 Å². The zero-order valence-electron chi connectivity index (χ0n) is 46.7. The normalized spacial score (nSPS) is 20.5. The van der Waals surface area contributed by atoms with Crippen molar-refractivity contribution in [3.05, 3.63) is 145 Å². The lowest BCUT2D eigenvalue weighted by molar-refractivity contribution is -0.936. The van der Waals surface area contributed by atoms with Gasteiger partial charge in [-0.25, -0.2) is 38.0 Å². The van der Waals surface area contributed by atoms with Gasteiger partial charge in [0, 0.05) is 84.6 Å². The van der Waals surface area contributed by atoms with Gasteiger partial charge in [-0.1, -0.05) is 0 Å². The zero-order valence-corrected chi connectivity index (χ0v) is 46.7. The highest BCUT2D eigenvalue weighted by Gasteiger charge is 2.40. The minimum absolute atomic E-state index is 0.0104. The monoisotopic (exact) mass is 1090 g/mol. The van der Waals surface area contributed by atoms with Gasteiger partial charge in [0.2, 0.25) is 0 Å². The second kappa shape index (κ2) is 23.2. The van der Waals surface area contributed by atoms with Crippen LogP contribution in [0.2, 0.25) is 0 Å². The number of pyridine rings is 2. The van der Waals surface area contributed by atoms with Crippen LogP contribution in [0.5, 0.6) is 23.0 Å². The summed E-state index contributed by atoms with van der Waals surface area (Å²) >= 11 is 0. The molecule has 14 rings (SSSR count). The molecule has 12 heterocycles. The topological polar surface area (TPSA) is 219 Å². The molecule has 4 aliphatic rings. The van der Waals surface area contributed by atoms with Gasteiger partial charge < -0.3 is 40.1 Å². The highest BCUT2D eigenvalue weighted by atomic mass is 16.5. The van der Waals surface area contributed by atoms with Gasteiger partial charge in [0.15, 0.2) is 22.9 Å². The standard InChI is InChI=1S/C27H28N8O2.C26H31N8O.C7H13NO/c1-17-10-19(2-5-24(17)37-23-7-9-34-25(13-23)28-15-30-34)32-27-26-18(6-8-35(26)31-16-29-27)14-33-20-3-4-21(33)12-22(36)11-20;1-5-34(6-2,7-3)16-20-10-12-33-25(20)26(28-18-30-33)31-21-8-9-23(19(4)14-21)35-22-11-13-32-24(15-22)27-17-29-32;9-7-3-5-1-2-6(4-7)8-5/h2,5-10,13,15-16,20-22,36H,3-4,11-12,14H2,1H3,(H,29,31,32);8-15,17-18H,5-7,16H2,1-4H3,(H,28,30,31);5-9H,1-4H2/q;+1;/t20-,21+,22?;;5-,6+,7?. The van der Waals surface area contributed by atoms with Crippen LogP contribution < -0.4 is 25.4 Å². The van der Waals surface area contributed by atoms with E-state index in [1.54, 1.807) is 21.7 Å². The fourth-order valence-corrected chi connectivity index (χ4v) is 12.5. The van der Waals surface area contributed by atoms with E-state index in [0.717, 1.165) is 144 Å². The number of benzene rings is 2. The Morgan fingerprint density at radius 3 is 1.51 bits per heavy atom. The smallest absolute Gasteiger partial charge is 0.158 e. The van der Waals surface area contributed by atoms with Crippen molar-refractivity contribution in [2.45, 2.75) is 135 Å². The summed E-state index contributed by atoms with van der Waals surface area (Å²) in [4.78, 5) is 20.2. The molecule has 0 amide bonds. The zero-order chi connectivity index (χ0) is 55.6. The van der Waals surface area contributed by atoms with Crippen molar-refractivity contribution < 1.29 is 24.2 Å². The summed E-state index contributed by atoms with van der Waals surface area (Å²) in [7, 11) is 0. The lowest BCUT2D eigenvalue weighted by Crippen LogP contribution is -2.46. The number of hydrogen-bond donors (Lipinski definition) is 5. The molecule has 4 aliphatic heterocycles. The van der Waals surface area contributed by atoms with E-state index in [0.29, 0.717) is 35.7 Å². The van der Waals surface area contributed by atoms with Crippen LogP contribution in [-0.4, -0.2) is 134 Å².